The summed E-state index contributed by atoms with van der Waals surface area (Å²) in [5.41, 5.74) is 0.418. The van der Waals surface area contributed by atoms with Crippen LogP contribution in [0.4, 0.5) is 24.8 Å². The highest BCUT2D eigenvalue weighted by Gasteiger charge is 2.48. The van der Waals surface area contributed by atoms with Crippen LogP contribution < -0.4 is 15.1 Å². The van der Waals surface area contributed by atoms with Crippen LogP contribution in [0.25, 0.3) is 0 Å². The summed E-state index contributed by atoms with van der Waals surface area (Å²) in [6.07, 6.45) is 3.26. The summed E-state index contributed by atoms with van der Waals surface area (Å²) in [4.78, 5) is 39.9. The van der Waals surface area contributed by atoms with Crippen molar-refractivity contribution in [3.8, 4) is 0 Å². The molecule has 1 saturated heterocycles. The Morgan fingerprint density at radius 3 is 2.46 bits per heavy atom. The highest BCUT2D eigenvalue weighted by Crippen LogP contribution is 2.40. The first-order chi connectivity index (χ1) is 18.6. The minimum absolute atomic E-state index is 0.0829. The van der Waals surface area contributed by atoms with Crippen molar-refractivity contribution in [2.75, 3.05) is 9.80 Å². The van der Waals surface area contributed by atoms with Crippen molar-refractivity contribution in [3.05, 3.63) is 83.4 Å². The molecule has 2 fully saturated rings. The van der Waals surface area contributed by atoms with Gasteiger partial charge in [0.05, 0.1) is 0 Å². The third kappa shape index (κ3) is 5.56. The van der Waals surface area contributed by atoms with Gasteiger partial charge in [0.15, 0.2) is 0 Å². The number of anilines is 2. The van der Waals surface area contributed by atoms with E-state index in [1.165, 1.54) is 23.1 Å². The number of hydrogen-bond acceptors (Lipinski definition) is 5. The number of alkyl halides is 2. The van der Waals surface area contributed by atoms with Gasteiger partial charge in [-0.3, -0.25) is 14.5 Å². The van der Waals surface area contributed by atoms with E-state index in [0.29, 0.717) is 18.8 Å². The van der Waals surface area contributed by atoms with E-state index >= 15 is 0 Å². The fourth-order valence-electron chi connectivity index (χ4n) is 5.32. The molecule has 0 radical (unpaired) electrons. The zero-order chi connectivity index (χ0) is 27.7. The highest BCUT2D eigenvalue weighted by atomic mass is 35.5. The Morgan fingerprint density at radius 1 is 1.08 bits per heavy atom. The van der Waals surface area contributed by atoms with Crippen molar-refractivity contribution in [1.29, 1.82) is 0 Å². The SMILES string of the molecule is C[C@H]1CCC(C(=O)N(c2cccc(F)c2)[C@@H](C(=O)NC2CC(F)(F)C2)c2ccccc2Cl)N1c1ncccn1. The number of hydrogen-bond donors (Lipinski definition) is 1. The number of nitrogens with one attached hydrogen (secondary N) is 1. The highest BCUT2D eigenvalue weighted by molar-refractivity contribution is 6.31. The molecular weight excluding hydrogens is 531 g/mol. The number of rotatable bonds is 7. The zero-order valence-corrected chi connectivity index (χ0v) is 21.9. The van der Waals surface area contributed by atoms with Crippen molar-refractivity contribution >= 4 is 35.1 Å². The van der Waals surface area contributed by atoms with Crippen molar-refractivity contribution in [2.45, 2.75) is 62.7 Å². The molecule has 3 aromatic rings. The number of halogens is 4. The second-order valence-electron chi connectivity index (χ2n) is 9.98. The van der Waals surface area contributed by atoms with Gasteiger partial charge in [0.25, 0.3) is 11.8 Å². The molecule has 2 aliphatic rings. The smallest absolute Gasteiger partial charge is 0.252 e. The van der Waals surface area contributed by atoms with Gasteiger partial charge in [-0.05, 0) is 50.1 Å². The second-order valence-corrected chi connectivity index (χ2v) is 10.4. The van der Waals surface area contributed by atoms with E-state index in [2.05, 4.69) is 15.3 Å². The van der Waals surface area contributed by atoms with Gasteiger partial charge in [-0.1, -0.05) is 35.9 Å². The summed E-state index contributed by atoms with van der Waals surface area (Å²) >= 11 is 6.53. The van der Waals surface area contributed by atoms with Gasteiger partial charge in [0, 0.05) is 53.6 Å². The van der Waals surface area contributed by atoms with Crippen molar-refractivity contribution in [1.82, 2.24) is 15.3 Å². The topological polar surface area (TPSA) is 78.4 Å². The van der Waals surface area contributed by atoms with E-state index in [1.54, 1.807) is 47.6 Å². The van der Waals surface area contributed by atoms with Crippen molar-refractivity contribution in [3.63, 3.8) is 0 Å². The van der Waals surface area contributed by atoms with Crippen molar-refractivity contribution in [2.24, 2.45) is 0 Å². The van der Waals surface area contributed by atoms with E-state index in [0.717, 1.165) is 6.07 Å². The molecule has 204 valence electrons. The Hall–Kier alpha value is -3.66. The predicted octanol–water partition coefficient (Wildman–Crippen LogP) is 5.31. The summed E-state index contributed by atoms with van der Waals surface area (Å²) in [6, 6.07) is 10.6. The lowest BCUT2D eigenvalue weighted by Gasteiger charge is -2.39. The van der Waals surface area contributed by atoms with Crippen LogP contribution >= 0.6 is 11.6 Å². The molecule has 1 unspecified atom stereocenters. The number of nitrogens with zero attached hydrogens (tertiary/aromatic N) is 4. The van der Waals surface area contributed by atoms with E-state index in [4.69, 9.17) is 11.6 Å². The van der Waals surface area contributed by atoms with Crippen molar-refractivity contribution < 1.29 is 22.8 Å². The summed E-state index contributed by atoms with van der Waals surface area (Å²) in [6.45, 7) is 1.95. The minimum atomic E-state index is -2.86. The third-order valence-corrected chi connectivity index (χ3v) is 7.55. The van der Waals surface area contributed by atoms with Crippen LogP contribution in [0.2, 0.25) is 5.02 Å². The average molecular weight is 558 g/mol. The van der Waals surface area contributed by atoms with E-state index < -0.39 is 54.5 Å². The molecule has 1 aliphatic carbocycles. The van der Waals surface area contributed by atoms with E-state index in [1.807, 2.05) is 6.92 Å². The Morgan fingerprint density at radius 2 is 1.79 bits per heavy atom. The lowest BCUT2D eigenvalue weighted by molar-refractivity contribution is -0.133. The summed E-state index contributed by atoms with van der Waals surface area (Å²) < 4.78 is 41.6. The fourth-order valence-corrected chi connectivity index (χ4v) is 5.55. The molecule has 1 aliphatic heterocycles. The molecule has 1 N–H and O–H groups in total. The van der Waals surface area contributed by atoms with Gasteiger partial charge < -0.3 is 10.2 Å². The monoisotopic (exact) mass is 557 g/mol. The van der Waals surface area contributed by atoms with Gasteiger partial charge in [-0.25, -0.2) is 23.1 Å². The Bertz CT molecular complexity index is 1350. The molecular formula is C28H27ClF3N5O2. The maximum absolute atomic E-state index is 14.5. The molecule has 5 rings (SSSR count). The van der Waals surface area contributed by atoms with Gasteiger partial charge in [-0.15, -0.1) is 0 Å². The lowest BCUT2D eigenvalue weighted by Crippen LogP contribution is -2.56. The zero-order valence-electron chi connectivity index (χ0n) is 21.1. The third-order valence-electron chi connectivity index (χ3n) is 7.20. The molecule has 11 heteroatoms. The van der Waals surface area contributed by atoms with Crippen LogP contribution in [0.1, 0.15) is 44.2 Å². The predicted molar refractivity (Wildman–Crippen MR) is 141 cm³/mol. The van der Waals surface area contributed by atoms with Crippen LogP contribution in [-0.2, 0) is 9.59 Å². The lowest BCUT2D eigenvalue weighted by atomic mass is 9.87. The number of benzene rings is 2. The Labute approximate surface area is 229 Å². The number of aromatic nitrogens is 2. The molecule has 39 heavy (non-hydrogen) atoms. The van der Waals surface area contributed by atoms with Crippen LogP contribution in [0.5, 0.6) is 0 Å². The van der Waals surface area contributed by atoms with Crippen LogP contribution in [0, 0.1) is 5.82 Å². The first-order valence-corrected chi connectivity index (χ1v) is 13.1. The molecule has 0 bridgehead atoms. The molecule has 1 saturated carbocycles. The molecule has 1 aromatic heterocycles. The summed E-state index contributed by atoms with van der Waals surface area (Å²) in [7, 11) is 0. The summed E-state index contributed by atoms with van der Waals surface area (Å²) in [5.74, 6) is -4.28. The van der Waals surface area contributed by atoms with Gasteiger partial charge in [0.1, 0.15) is 17.9 Å². The van der Waals surface area contributed by atoms with Gasteiger partial charge in [0.2, 0.25) is 11.9 Å². The maximum atomic E-state index is 14.5. The molecule has 7 nitrogen and oxygen atoms in total. The largest absolute Gasteiger partial charge is 0.351 e. The molecule has 2 heterocycles. The second kappa shape index (κ2) is 10.8. The summed E-state index contributed by atoms with van der Waals surface area (Å²) in [5, 5.41) is 2.86. The quantitative estimate of drug-likeness (QED) is 0.426. The fraction of sp³-hybridized carbons (Fsp3) is 0.357. The standard InChI is InChI=1S/C28H27ClF3N5O2/c1-17-10-11-23(36(17)27-33-12-5-13-34-27)26(39)37(20-7-4-6-18(30)14-20)24(21-8-2-3-9-22(21)29)25(38)35-19-15-28(31,32)16-19/h2-9,12-14,17,19,23-24H,10-11,15-16H2,1H3,(H,35,38)/t17-,23?,24+/m0/s1. The Kier molecular flexibility index (Phi) is 7.48. The van der Waals surface area contributed by atoms with Gasteiger partial charge >= 0.3 is 0 Å². The van der Waals surface area contributed by atoms with Crippen LogP contribution in [0.3, 0.4) is 0 Å². The first kappa shape index (κ1) is 26.9. The van der Waals surface area contributed by atoms with Crippen LogP contribution in [-0.4, -0.2) is 45.8 Å². The number of carbonyl (C=O) groups excluding carboxylic acids is 2. The normalized spacial score (nSPS) is 21.2. The average Bonchev–Trinajstić information content (AvgIpc) is 3.28. The van der Waals surface area contributed by atoms with Gasteiger partial charge in [-0.2, -0.15) is 0 Å². The maximum Gasteiger partial charge on any atom is 0.252 e. The molecule has 0 spiro atoms. The number of carbonyl (C=O) groups is 2. The molecule has 2 aromatic carbocycles. The van der Waals surface area contributed by atoms with E-state index in [9.17, 15) is 22.8 Å². The first-order valence-electron chi connectivity index (χ1n) is 12.7. The Balaban J connectivity index is 1.59. The molecule has 2 amide bonds. The van der Waals surface area contributed by atoms with E-state index in [-0.39, 0.29) is 22.3 Å². The molecule has 3 atom stereocenters. The minimum Gasteiger partial charge on any atom is -0.351 e. The van der Waals surface area contributed by atoms with Crippen LogP contribution in [0.15, 0.2) is 67.0 Å². The number of amides is 2.